The fraction of sp³-hybridized carbons (Fsp3) is 0.438. The highest BCUT2D eigenvalue weighted by Gasteiger charge is 2.62. The number of benzene rings is 1. The van der Waals surface area contributed by atoms with E-state index in [0.29, 0.717) is 5.56 Å². The topological polar surface area (TPSA) is 26.3 Å². The van der Waals surface area contributed by atoms with E-state index in [0.717, 1.165) is 12.1 Å². The first-order valence-corrected chi connectivity index (χ1v) is 7.75. The molecule has 1 aliphatic rings. The van der Waals surface area contributed by atoms with Crippen molar-refractivity contribution in [2.45, 2.75) is 26.6 Å². The summed E-state index contributed by atoms with van der Waals surface area (Å²) in [6.45, 7) is 3.13. The van der Waals surface area contributed by atoms with Gasteiger partial charge in [0.05, 0.1) is 10.9 Å². The Morgan fingerprint density at radius 3 is 2.54 bits per heavy atom. The molecular formula is C16H14Cl2F4O2. The van der Waals surface area contributed by atoms with Gasteiger partial charge in [-0.1, -0.05) is 49.2 Å². The Morgan fingerprint density at radius 2 is 2.00 bits per heavy atom. The third kappa shape index (κ3) is 4.03. The van der Waals surface area contributed by atoms with Crippen molar-refractivity contribution in [3.05, 3.63) is 45.7 Å². The molecule has 132 valence electrons. The van der Waals surface area contributed by atoms with E-state index in [1.54, 1.807) is 13.8 Å². The van der Waals surface area contributed by atoms with E-state index in [1.165, 1.54) is 12.1 Å². The van der Waals surface area contributed by atoms with Crippen LogP contribution in [0.5, 0.6) is 0 Å². The Hall–Kier alpha value is -1.27. The molecule has 2 nitrogen and oxygen atoms in total. The van der Waals surface area contributed by atoms with Gasteiger partial charge in [-0.15, -0.1) is 0 Å². The van der Waals surface area contributed by atoms with E-state index in [2.05, 4.69) is 0 Å². The minimum atomic E-state index is -4.64. The van der Waals surface area contributed by atoms with Crippen LogP contribution in [0.15, 0.2) is 29.3 Å². The van der Waals surface area contributed by atoms with Crippen LogP contribution < -0.4 is 0 Å². The predicted molar refractivity (Wildman–Crippen MR) is 82.0 cm³/mol. The highest BCUT2D eigenvalue weighted by molar-refractivity contribution is 6.31. The lowest BCUT2D eigenvalue weighted by atomic mass is 10.1. The molecule has 24 heavy (non-hydrogen) atoms. The summed E-state index contributed by atoms with van der Waals surface area (Å²) >= 11 is 11.1. The van der Waals surface area contributed by atoms with Crippen molar-refractivity contribution in [1.29, 1.82) is 0 Å². The number of halogens is 6. The first-order chi connectivity index (χ1) is 10.9. The molecule has 0 aromatic heterocycles. The zero-order valence-corrected chi connectivity index (χ0v) is 14.3. The van der Waals surface area contributed by atoms with Crippen LogP contribution in [-0.2, 0) is 16.1 Å². The summed E-state index contributed by atoms with van der Waals surface area (Å²) in [6, 6.07) is 3.63. The van der Waals surface area contributed by atoms with Crippen molar-refractivity contribution in [2.75, 3.05) is 0 Å². The number of carbonyl (C=O) groups excluding carboxylic acids is 1. The Balaban J connectivity index is 2.02. The molecule has 1 saturated carbocycles. The average Bonchev–Trinajstić information content (AvgIpc) is 2.97. The summed E-state index contributed by atoms with van der Waals surface area (Å²) in [7, 11) is 0. The average molecular weight is 385 g/mol. The predicted octanol–water partition coefficient (Wildman–Crippen LogP) is 5.48. The first kappa shape index (κ1) is 19.1. The molecule has 0 N–H and O–H groups in total. The maximum atomic E-state index is 13.0. The highest BCUT2D eigenvalue weighted by Crippen LogP contribution is 2.60. The van der Waals surface area contributed by atoms with Gasteiger partial charge < -0.3 is 4.74 Å². The molecule has 0 radical (unpaired) electrons. The molecule has 0 bridgehead atoms. The number of hydrogen-bond acceptors (Lipinski definition) is 2. The number of carbonyl (C=O) groups is 1. The van der Waals surface area contributed by atoms with Crippen LogP contribution in [0.1, 0.15) is 19.4 Å². The smallest absolute Gasteiger partial charge is 0.426 e. The summed E-state index contributed by atoms with van der Waals surface area (Å²) in [5, 5.41) is -1.15. The zero-order valence-electron chi connectivity index (χ0n) is 12.8. The van der Waals surface area contributed by atoms with Gasteiger partial charge in [0, 0.05) is 5.56 Å². The van der Waals surface area contributed by atoms with Gasteiger partial charge in [0.1, 0.15) is 17.5 Å². The fourth-order valence-corrected chi connectivity index (χ4v) is 2.93. The fourth-order valence-electron chi connectivity index (χ4n) is 2.57. The van der Waals surface area contributed by atoms with E-state index < -0.39 is 40.2 Å². The number of alkyl halides is 3. The zero-order chi connectivity index (χ0) is 18.3. The highest BCUT2D eigenvalue weighted by atomic mass is 35.5. The van der Waals surface area contributed by atoms with Crippen LogP contribution in [-0.4, -0.2) is 12.1 Å². The van der Waals surface area contributed by atoms with Crippen LogP contribution in [0.25, 0.3) is 0 Å². The van der Waals surface area contributed by atoms with E-state index in [4.69, 9.17) is 27.9 Å². The van der Waals surface area contributed by atoms with Gasteiger partial charge in [0.25, 0.3) is 0 Å². The van der Waals surface area contributed by atoms with Crippen molar-refractivity contribution < 1.29 is 27.1 Å². The van der Waals surface area contributed by atoms with Crippen molar-refractivity contribution in [2.24, 2.45) is 17.3 Å². The summed E-state index contributed by atoms with van der Waals surface area (Å²) in [4.78, 5) is 12.1. The van der Waals surface area contributed by atoms with Crippen LogP contribution >= 0.6 is 23.2 Å². The van der Waals surface area contributed by atoms with Gasteiger partial charge in [-0.05, 0) is 23.5 Å². The monoisotopic (exact) mass is 384 g/mol. The number of esters is 1. The molecule has 0 unspecified atom stereocenters. The van der Waals surface area contributed by atoms with Gasteiger partial charge in [-0.25, -0.2) is 4.39 Å². The molecule has 0 aliphatic heterocycles. The van der Waals surface area contributed by atoms with Crippen LogP contribution in [0.4, 0.5) is 17.6 Å². The lowest BCUT2D eigenvalue weighted by molar-refractivity contribution is -0.147. The van der Waals surface area contributed by atoms with Crippen molar-refractivity contribution in [3.8, 4) is 0 Å². The second-order valence-electron chi connectivity index (χ2n) is 6.18. The molecule has 0 heterocycles. The molecule has 1 fully saturated rings. The van der Waals surface area contributed by atoms with Crippen molar-refractivity contribution >= 4 is 29.2 Å². The van der Waals surface area contributed by atoms with Crippen LogP contribution in [0, 0.1) is 23.1 Å². The Morgan fingerprint density at radius 1 is 1.38 bits per heavy atom. The maximum absolute atomic E-state index is 13.0. The van der Waals surface area contributed by atoms with E-state index in [9.17, 15) is 22.4 Å². The lowest BCUT2D eigenvalue weighted by Crippen LogP contribution is -2.11. The molecule has 1 aliphatic carbocycles. The summed E-state index contributed by atoms with van der Waals surface area (Å²) in [5.74, 6) is -2.56. The molecule has 0 saturated heterocycles. The molecule has 2 rings (SSSR count). The van der Waals surface area contributed by atoms with E-state index in [1.807, 2.05) is 0 Å². The summed E-state index contributed by atoms with van der Waals surface area (Å²) in [6.07, 6.45) is -3.80. The Labute approximate surface area is 146 Å². The van der Waals surface area contributed by atoms with Gasteiger partial charge in [-0.2, -0.15) is 13.2 Å². The largest absolute Gasteiger partial charge is 0.461 e. The maximum Gasteiger partial charge on any atom is 0.426 e. The lowest BCUT2D eigenvalue weighted by Gasteiger charge is -2.07. The number of allylic oxidation sites excluding steroid dienone is 2. The summed E-state index contributed by atoms with van der Waals surface area (Å²) in [5.41, 5.74) is -0.278. The third-order valence-electron chi connectivity index (χ3n) is 4.15. The molecule has 1 aromatic carbocycles. The number of rotatable bonds is 4. The van der Waals surface area contributed by atoms with Crippen LogP contribution in [0.3, 0.4) is 0 Å². The second kappa shape index (κ2) is 6.56. The number of ether oxygens (including phenoxy) is 1. The van der Waals surface area contributed by atoms with Gasteiger partial charge in [0.15, 0.2) is 0 Å². The van der Waals surface area contributed by atoms with E-state index >= 15 is 0 Å². The van der Waals surface area contributed by atoms with Gasteiger partial charge >= 0.3 is 12.1 Å². The SMILES string of the molecule is CC1(C)[C@H](C(=O)OCc2ccc(F)cc2Cl)[C@@H]1/C=C(\Cl)C(F)(F)F. The van der Waals surface area contributed by atoms with Gasteiger partial charge in [0.2, 0.25) is 0 Å². The third-order valence-corrected chi connectivity index (χ3v) is 4.84. The quantitative estimate of drug-likeness (QED) is 0.507. The van der Waals surface area contributed by atoms with Gasteiger partial charge in [-0.3, -0.25) is 4.79 Å². The normalized spacial score (nSPS) is 23.1. The molecule has 0 spiro atoms. The minimum absolute atomic E-state index is 0.106. The molecular weight excluding hydrogens is 371 g/mol. The molecule has 2 atom stereocenters. The van der Waals surface area contributed by atoms with Crippen molar-refractivity contribution in [3.63, 3.8) is 0 Å². The van der Waals surface area contributed by atoms with Crippen molar-refractivity contribution in [1.82, 2.24) is 0 Å². The Bertz CT molecular complexity index is 683. The first-order valence-electron chi connectivity index (χ1n) is 6.99. The Kier molecular flexibility index (Phi) is 5.21. The van der Waals surface area contributed by atoms with Crippen LogP contribution in [0.2, 0.25) is 5.02 Å². The molecule has 0 amide bonds. The summed E-state index contributed by atoms with van der Waals surface area (Å²) < 4.78 is 55.6. The van der Waals surface area contributed by atoms with E-state index in [-0.39, 0.29) is 11.6 Å². The molecule has 1 aromatic rings. The molecule has 8 heteroatoms. The second-order valence-corrected chi connectivity index (χ2v) is 7.00. The minimum Gasteiger partial charge on any atom is -0.461 e. The number of hydrogen-bond donors (Lipinski definition) is 0. The standard InChI is InChI=1S/C16H14Cl2F4O2/c1-15(2)10(6-12(18)16(20,21)22)13(15)14(23)24-7-8-3-4-9(19)5-11(8)17/h3-6,10,13H,7H2,1-2H3/b12-6-/t10-,13-/m0/s1.